The average molecular weight is 318 g/mol. The van der Waals surface area contributed by atoms with Crippen molar-refractivity contribution in [2.75, 3.05) is 0 Å². The van der Waals surface area contributed by atoms with Crippen LogP contribution in [0.4, 0.5) is 0 Å². The zero-order valence-corrected chi connectivity index (χ0v) is 14.2. The summed E-state index contributed by atoms with van der Waals surface area (Å²) in [5.41, 5.74) is 2.24. The highest BCUT2D eigenvalue weighted by atomic mass is 16.5. The van der Waals surface area contributed by atoms with Gasteiger partial charge in [-0.1, -0.05) is 55.0 Å². The van der Waals surface area contributed by atoms with E-state index in [2.05, 4.69) is 56.3 Å². The second kappa shape index (κ2) is 7.31. The van der Waals surface area contributed by atoms with Crippen LogP contribution in [0, 0.1) is 12.8 Å². The van der Waals surface area contributed by atoms with Gasteiger partial charge in [-0.25, -0.2) is 4.79 Å². The van der Waals surface area contributed by atoms with E-state index in [1.54, 1.807) is 6.08 Å². The minimum Gasteiger partial charge on any atom is -0.428 e. The average Bonchev–Trinajstić information content (AvgIpc) is 2.76. The van der Waals surface area contributed by atoms with Crippen LogP contribution in [-0.2, 0) is 9.53 Å². The van der Waals surface area contributed by atoms with Crippen molar-refractivity contribution >= 4 is 22.8 Å². The number of aryl methyl sites for hydroxylation is 1. The number of hydrogen-bond donors (Lipinski definition) is 0. The highest BCUT2D eigenvalue weighted by Gasteiger charge is 2.08. The Balaban J connectivity index is 1.69. The third-order valence-corrected chi connectivity index (χ3v) is 4.11. The third kappa shape index (κ3) is 4.23. The van der Waals surface area contributed by atoms with Crippen LogP contribution in [0.2, 0.25) is 0 Å². The molecule has 0 aromatic heterocycles. The van der Waals surface area contributed by atoms with E-state index in [4.69, 9.17) is 4.74 Å². The first-order valence-electron chi connectivity index (χ1n) is 8.38. The fourth-order valence-corrected chi connectivity index (χ4v) is 2.87. The molecular formula is C22H22O2. The van der Waals surface area contributed by atoms with E-state index >= 15 is 0 Å². The lowest BCUT2D eigenvalue weighted by molar-refractivity contribution is -0.133. The van der Waals surface area contributed by atoms with Crippen molar-refractivity contribution in [1.29, 1.82) is 0 Å². The van der Waals surface area contributed by atoms with Gasteiger partial charge in [0.2, 0.25) is 0 Å². The Bertz CT molecular complexity index is 840. The van der Waals surface area contributed by atoms with Crippen molar-refractivity contribution in [3.8, 4) is 0 Å². The van der Waals surface area contributed by atoms with Crippen LogP contribution in [0.5, 0.6) is 0 Å². The number of carbonyl (C=O) groups is 1. The van der Waals surface area contributed by atoms with E-state index < -0.39 is 0 Å². The summed E-state index contributed by atoms with van der Waals surface area (Å²) in [7, 11) is 0. The lowest BCUT2D eigenvalue weighted by Gasteiger charge is -2.06. The summed E-state index contributed by atoms with van der Waals surface area (Å²) in [4.78, 5) is 12.0. The van der Waals surface area contributed by atoms with Gasteiger partial charge in [0.1, 0.15) is 5.76 Å². The predicted octanol–water partition coefficient (Wildman–Crippen LogP) is 5.57. The van der Waals surface area contributed by atoms with Crippen LogP contribution in [-0.4, -0.2) is 5.97 Å². The monoisotopic (exact) mass is 318 g/mol. The second-order valence-electron chi connectivity index (χ2n) is 6.32. The lowest BCUT2D eigenvalue weighted by atomic mass is 10.0. The van der Waals surface area contributed by atoms with Crippen molar-refractivity contribution in [1.82, 2.24) is 0 Å². The highest BCUT2D eigenvalue weighted by Crippen LogP contribution is 2.20. The first-order chi connectivity index (χ1) is 11.6. The van der Waals surface area contributed by atoms with E-state index in [0.29, 0.717) is 5.92 Å². The summed E-state index contributed by atoms with van der Waals surface area (Å²) in [6, 6.07) is 12.5. The van der Waals surface area contributed by atoms with Crippen LogP contribution < -0.4 is 0 Å². The van der Waals surface area contributed by atoms with Gasteiger partial charge in [-0.05, 0) is 53.8 Å². The number of rotatable bonds is 3. The minimum atomic E-state index is -0.320. The van der Waals surface area contributed by atoms with E-state index in [0.717, 1.165) is 24.2 Å². The quantitative estimate of drug-likeness (QED) is 0.420. The highest BCUT2D eigenvalue weighted by molar-refractivity contribution is 5.90. The normalized spacial score (nSPS) is 17.8. The van der Waals surface area contributed by atoms with Gasteiger partial charge in [0, 0.05) is 12.5 Å². The minimum absolute atomic E-state index is 0.309. The van der Waals surface area contributed by atoms with E-state index in [-0.39, 0.29) is 5.97 Å². The van der Waals surface area contributed by atoms with Gasteiger partial charge in [-0.2, -0.15) is 0 Å². The number of esters is 1. The molecule has 3 rings (SSSR count). The Morgan fingerprint density at radius 2 is 1.96 bits per heavy atom. The number of carbonyl (C=O) groups excluding carboxylic acids is 1. The van der Waals surface area contributed by atoms with Gasteiger partial charge in [-0.3, -0.25) is 0 Å². The molecule has 0 saturated heterocycles. The molecule has 0 amide bonds. The fraction of sp³-hybridized carbons (Fsp3) is 0.227. The lowest BCUT2D eigenvalue weighted by Crippen LogP contribution is -2.01. The van der Waals surface area contributed by atoms with E-state index in [1.165, 1.54) is 22.4 Å². The SMILES string of the molecule is Cc1ccc2cc(/C=C/C(=O)OC3=CC(C)C=CCC3)ccc2c1. The fourth-order valence-electron chi connectivity index (χ4n) is 2.87. The molecule has 1 aliphatic carbocycles. The largest absolute Gasteiger partial charge is 0.428 e. The molecule has 2 aromatic rings. The molecule has 122 valence electrons. The van der Waals surface area contributed by atoms with Crippen molar-refractivity contribution in [3.05, 3.63) is 77.6 Å². The van der Waals surface area contributed by atoms with Crippen LogP contribution in [0.3, 0.4) is 0 Å². The van der Waals surface area contributed by atoms with Gasteiger partial charge in [-0.15, -0.1) is 0 Å². The molecule has 24 heavy (non-hydrogen) atoms. The summed E-state index contributed by atoms with van der Waals surface area (Å²) in [6.07, 6.45) is 11.3. The van der Waals surface area contributed by atoms with E-state index in [1.807, 2.05) is 12.1 Å². The second-order valence-corrected chi connectivity index (χ2v) is 6.32. The number of ether oxygens (including phenoxy) is 1. The number of hydrogen-bond acceptors (Lipinski definition) is 2. The Morgan fingerprint density at radius 1 is 1.17 bits per heavy atom. The summed E-state index contributed by atoms with van der Waals surface area (Å²) in [5, 5.41) is 2.38. The zero-order chi connectivity index (χ0) is 16.9. The molecule has 2 heteroatoms. The van der Waals surface area contributed by atoms with Gasteiger partial charge in [0.25, 0.3) is 0 Å². The van der Waals surface area contributed by atoms with Gasteiger partial charge < -0.3 is 4.74 Å². The maximum Gasteiger partial charge on any atom is 0.335 e. The summed E-state index contributed by atoms with van der Waals surface area (Å²) < 4.78 is 5.46. The van der Waals surface area contributed by atoms with Crippen LogP contribution in [0.25, 0.3) is 16.8 Å². The smallest absolute Gasteiger partial charge is 0.335 e. The Hall–Kier alpha value is -2.61. The number of benzene rings is 2. The molecule has 1 aliphatic rings. The molecule has 2 aromatic carbocycles. The maximum absolute atomic E-state index is 12.0. The van der Waals surface area contributed by atoms with Gasteiger partial charge in [0.05, 0.1) is 0 Å². The molecule has 1 unspecified atom stereocenters. The molecule has 0 radical (unpaired) electrons. The van der Waals surface area contributed by atoms with Gasteiger partial charge >= 0.3 is 5.97 Å². The van der Waals surface area contributed by atoms with E-state index in [9.17, 15) is 4.79 Å². The predicted molar refractivity (Wildman–Crippen MR) is 99.4 cm³/mol. The molecular weight excluding hydrogens is 296 g/mol. The third-order valence-electron chi connectivity index (χ3n) is 4.11. The standard InChI is InChI=1S/C22H22O2/c1-16-5-3-4-6-21(14-16)24-22(23)12-9-18-8-11-19-13-17(2)7-10-20(19)15-18/h3,5,7-16H,4,6H2,1-2H3/b12-9+. The van der Waals surface area contributed by atoms with Crippen LogP contribution in [0.15, 0.2) is 66.5 Å². The maximum atomic E-state index is 12.0. The van der Waals surface area contributed by atoms with Crippen LogP contribution in [0.1, 0.15) is 30.9 Å². The molecule has 0 fully saturated rings. The summed E-state index contributed by atoms with van der Waals surface area (Å²) in [6.45, 7) is 4.17. The molecule has 2 nitrogen and oxygen atoms in total. The number of allylic oxidation sites excluding steroid dienone is 4. The first kappa shape index (κ1) is 16.3. The van der Waals surface area contributed by atoms with Crippen LogP contribution >= 0.6 is 0 Å². The van der Waals surface area contributed by atoms with Crippen molar-refractivity contribution in [3.63, 3.8) is 0 Å². The van der Waals surface area contributed by atoms with Crippen molar-refractivity contribution in [2.45, 2.75) is 26.7 Å². The number of fused-ring (bicyclic) bond motifs is 1. The Labute approximate surface area is 143 Å². The van der Waals surface area contributed by atoms with Crippen molar-refractivity contribution < 1.29 is 9.53 Å². The molecule has 0 saturated carbocycles. The Kier molecular flexibility index (Phi) is 4.95. The first-order valence-corrected chi connectivity index (χ1v) is 8.38. The molecule has 1 atom stereocenters. The molecule has 0 spiro atoms. The molecule has 0 bridgehead atoms. The topological polar surface area (TPSA) is 26.3 Å². The molecule has 0 heterocycles. The Morgan fingerprint density at radius 3 is 2.83 bits per heavy atom. The summed E-state index contributed by atoms with van der Waals surface area (Å²) in [5.74, 6) is 0.749. The molecule has 0 N–H and O–H groups in total. The van der Waals surface area contributed by atoms with Gasteiger partial charge in [0.15, 0.2) is 0 Å². The zero-order valence-electron chi connectivity index (χ0n) is 14.2. The summed E-state index contributed by atoms with van der Waals surface area (Å²) >= 11 is 0. The molecule has 0 aliphatic heterocycles. The van der Waals surface area contributed by atoms with Crippen molar-refractivity contribution in [2.24, 2.45) is 5.92 Å².